The van der Waals surface area contributed by atoms with Crippen LogP contribution >= 0.6 is 7.82 Å². The lowest BCUT2D eigenvalue weighted by atomic mass is 10.2. The molecule has 1 aliphatic rings. The van der Waals surface area contributed by atoms with E-state index in [1.54, 1.807) is 0 Å². The average molecular weight is 308 g/mol. The van der Waals surface area contributed by atoms with Crippen molar-refractivity contribution in [3.63, 3.8) is 0 Å². The van der Waals surface area contributed by atoms with Crippen molar-refractivity contribution in [2.75, 3.05) is 12.3 Å². The first-order chi connectivity index (χ1) is 9.26. The van der Waals surface area contributed by atoms with Crippen molar-refractivity contribution in [3.05, 3.63) is 22.7 Å². The summed E-state index contributed by atoms with van der Waals surface area (Å²) in [5.41, 5.74) is 4.90. The van der Waals surface area contributed by atoms with Gasteiger partial charge in [-0.15, -0.1) is 0 Å². The fourth-order valence-corrected chi connectivity index (χ4v) is 2.23. The molecule has 0 radical (unpaired) electrons. The summed E-state index contributed by atoms with van der Waals surface area (Å²) in [5.74, 6) is 0.186. The van der Waals surface area contributed by atoms with Gasteiger partial charge in [-0.25, -0.2) is 4.57 Å². The highest BCUT2D eigenvalue weighted by molar-refractivity contribution is 7.46. The van der Waals surface area contributed by atoms with Gasteiger partial charge in [0.05, 0.1) is 12.7 Å². The zero-order valence-electron chi connectivity index (χ0n) is 10.2. The minimum Gasteiger partial charge on any atom is -0.390 e. The number of ether oxygens (including phenoxy) is 1. The molecule has 2 heterocycles. The number of nitrogen functional groups attached to an aromatic ring is 1. The predicted molar refractivity (Wildman–Crippen MR) is 64.2 cm³/mol. The molecule has 0 aromatic carbocycles. The maximum absolute atomic E-state index is 11.7. The molecule has 1 aromatic heterocycles. The Balaban J connectivity index is 2.06. The standard InChI is InChI=1S/C9H14N3O7P/c10-7-1-2-12(9(14)11-7)8-3-5(13)6(19-8)4-18-20(15,16)17/h1-2,5-6,8,13H,3-4H2,(H4,10,11,14,15,16,17)/p+1. The molecule has 3 atom stereocenters. The molecule has 3 unspecified atom stereocenters. The molecule has 11 heteroatoms. The number of aliphatic hydroxyl groups is 1. The zero-order chi connectivity index (χ0) is 14.9. The molecule has 0 bridgehead atoms. The largest absolute Gasteiger partial charge is 0.499 e. The summed E-state index contributed by atoms with van der Waals surface area (Å²) in [7, 11) is -4.63. The van der Waals surface area contributed by atoms with Gasteiger partial charge < -0.3 is 25.4 Å². The summed E-state index contributed by atoms with van der Waals surface area (Å²) >= 11 is 0. The molecule has 6 N–H and O–H groups in total. The number of H-pyrrole nitrogens is 1. The van der Waals surface area contributed by atoms with Crippen LogP contribution in [-0.4, -0.2) is 38.7 Å². The Hall–Kier alpha value is -1.29. The van der Waals surface area contributed by atoms with Crippen molar-refractivity contribution in [2.24, 2.45) is 0 Å². The molecule has 1 aliphatic heterocycles. The number of aromatic nitrogens is 2. The average Bonchev–Trinajstić information content (AvgIpc) is 2.67. The number of nitrogens with two attached hydrogens (primary N) is 1. The van der Waals surface area contributed by atoms with Crippen molar-refractivity contribution in [1.29, 1.82) is 0 Å². The molecule has 2 rings (SSSR count). The van der Waals surface area contributed by atoms with E-state index < -0.39 is 38.6 Å². The van der Waals surface area contributed by atoms with E-state index in [1.165, 1.54) is 16.8 Å². The van der Waals surface area contributed by atoms with Crippen LogP contribution in [0.25, 0.3) is 0 Å². The molecule has 0 spiro atoms. The highest BCUT2D eigenvalue weighted by Crippen LogP contribution is 2.37. The monoisotopic (exact) mass is 308 g/mol. The van der Waals surface area contributed by atoms with Crippen LogP contribution in [-0.2, 0) is 13.8 Å². The first-order valence-electron chi connectivity index (χ1n) is 5.70. The van der Waals surface area contributed by atoms with Gasteiger partial charge in [0, 0.05) is 12.5 Å². The van der Waals surface area contributed by atoms with Crippen LogP contribution in [0.15, 0.2) is 17.1 Å². The van der Waals surface area contributed by atoms with Crippen LogP contribution in [0, 0.1) is 0 Å². The van der Waals surface area contributed by atoms with Gasteiger partial charge in [0.15, 0.2) is 5.82 Å². The molecule has 0 aliphatic carbocycles. The van der Waals surface area contributed by atoms with E-state index in [1.807, 2.05) is 0 Å². The van der Waals surface area contributed by atoms with Crippen molar-refractivity contribution < 1.29 is 33.3 Å². The maximum atomic E-state index is 11.7. The van der Waals surface area contributed by atoms with Gasteiger partial charge in [-0.05, 0) is 0 Å². The Morgan fingerprint density at radius 2 is 2.30 bits per heavy atom. The quantitative estimate of drug-likeness (QED) is 0.315. The number of hydrogen-bond acceptors (Lipinski definition) is 6. The number of rotatable bonds is 4. The van der Waals surface area contributed by atoms with Crippen molar-refractivity contribution in [3.8, 4) is 0 Å². The van der Waals surface area contributed by atoms with Crippen molar-refractivity contribution in [2.45, 2.75) is 24.9 Å². The number of aliphatic hydroxyl groups excluding tert-OH is 1. The summed E-state index contributed by atoms with van der Waals surface area (Å²) in [6, 6.07) is 1.45. The van der Waals surface area contributed by atoms with E-state index >= 15 is 0 Å². The second kappa shape index (κ2) is 5.60. The Morgan fingerprint density at radius 3 is 2.90 bits per heavy atom. The minimum atomic E-state index is -4.63. The molecule has 0 saturated carbocycles. The first kappa shape index (κ1) is 15.1. The Labute approximate surface area is 113 Å². The lowest BCUT2D eigenvalue weighted by molar-refractivity contribution is -0.773. The second-order valence-electron chi connectivity index (χ2n) is 4.33. The van der Waals surface area contributed by atoms with Gasteiger partial charge in [0.25, 0.3) is 0 Å². The fourth-order valence-electron chi connectivity index (χ4n) is 1.89. The summed E-state index contributed by atoms with van der Waals surface area (Å²) < 4.78 is 21.4. The van der Waals surface area contributed by atoms with E-state index in [0.717, 1.165) is 0 Å². The van der Waals surface area contributed by atoms with E-state index in [9.17, 15) is 14.5 Å². The van der Waals surface area contributed by atoms with Gasteiger partial charge in [-0.3, -0.25) is 4.52 Å². The molecule has 1 saturated heterocycles. The van der Waals surface area contributed by atoms with Crippen LogP contribution in [0.2, 0.25) is 0 Å². The van der Waals surface area contributed by atoms with Gasteiger partial charge in [-0.2, -0.15) is 14.3 Å². The van der Waals surface area contributed by atoms with Gasteiger partial charge in [-0.1, -0.05) is 0 Å². The summed E-state index contributed by atoms with van der Waals surface area (Å²) in [6.45, 7) is -0.477. The number of phosphoric acid groups is 1. The lowest BCUT2D eigenvalue weighted by Crippen LogP contribution is -2.54. The molecule has 20 heavy (non-hydrogen) atoms. The summed E-state index contributed by atoms with van der Waals surface area (Å²) in [4.78, 5) is 31.2. The topological polar surface area (TPSA) is 159 Å². The Kier molecular flexibility index (Phi) is 4.23. The molecular formula is C9H15N3O7P+. The van der Waals surface area contributed by atoms with Crippen molar-refractivity contribution >= 4 is 13.6 Å². The fraction of sp³-hybridized carbons (Fsp3) is 0.556. The predicted octanol–water partition coefficient (Wildman–Crippen LogP) is -2.00. The third-order valence-corrected chi connectivity index (χ3v) is 3.31. The molecule has 112 valence electrons. The smallest absolute Gasteiger partial charge is 0.390 e. The van der Waals surface area contributed by atoms with Crippen LogP contribution in [0.1, 0.15) is 12.6 Å². The van der Waals surface area contributed by atoms with Crippen molar-refractivity contribution in [1.82, 2.24) is 4.98 Å². The second-order valence-corrected chi connectivity index (χ2v) is 5.57. The van der Waals surface area contributed by atoms with Crippen LogP contribution < -0.4 is 16.0 Å². The number of aromatic amines is 1. The van der Waals surface area contributed by atoms with Gasteiger partial charge >= 0.3 is 13.5 Å². The first-order valence-corrected chi connectivity index (χ1v) is 7.23. The van der Waals surface area contributed by atoms with Gasteiger partial charge in [0.2, 0.25) is 6.23 Å². The Morgan fingerprint density at radius 1 is 1.60 bits per heavy atom. The number of phosphoric ester groups is 1. The molecule has 1 aromatic rings. The molecule has 1 fully saturated rings. The highest BCUT2D eigenvalue weighted by Gasteiger charge is 2.39. The normalized spacial score (nSPS) is 26.9. The van der Waals surface area contributed by atoms with E-state index in [4.69, 9.17) is 20.3 Å². The number of anilines is 1. The SMILES string of the molecule is Nc1cc[n+](C2CC(O)C(COP(=O)(O)O)O2)c(=O)[nH]1. The summed E-state index contributed by atoms with van der Waals surface area (Å²) in [6.07, 6.45) is -1.21. The van der Waals surface area contributed by atoms with Crippen LogP contribution in [0.3, 0.4) is 0 Å². The van der Waals surface area contributed by atoms with E-state index in [2.05, 4.69) is 9.51 Å². The van der Waals surface area contributed by atoms with E-state index in [0.29, 0.717) is 0 Å². The third-order valence-electron chi connectivity index (χ3n) is 2.82. The molecule has 0 amide bonds. The van der Waals surface area contributed by atoms with Crippen LogP contribution in [0.5, 0.6) is 0 Å². The van der Waals surface area contributed by atoms with Crippen LogP contribution in [0.4, 0.5) is 5.82 Å². The Bertz CT molecular complexity index is 585. The number of hydrogen-bond donors (Lipinski definition) is 5. The lowest BCUT2D eigenvalue weighted by Gasteiger charge is -2.14. The third kappa shape index (κ3) is 3.63. The van der Waals surface area contributed by atoms with E-state index in [-0.39, 0.29) is 12.2 Å². The summed E-state index contributed by atoms with van der Waals surface area (Å²) in [5, 5.41) is 9.75. The molecule has 10 nitrogen and oxygen atoms in total. The highest BCUT2D eigenvalue weighted by atomic mass is 31.2. The number of nitrogens with zero attached hydrogens (tertiary/aromatic N) is 1. The number of nitrogens with one attached hydrogen (secondary N) is 1. The minimum absolute atomic E-state index is 0.0901. The maximum Gasteiger partial charge on any atom is 0.499 e. The molecular weight excluding hydrogens is 293 g/mol. The zero-order valence-corrected chi connectivity index (χ0v) is 11.1. The van der Waals surface area contributed by atoms with Gasteiger partial charge in [0.1, 0.15) is 12.3 Å².